The van der Waals surface area contributed by atoms with Crippen LogP contribution in [0.2, 0.25) is 0 Å². The van der Waals surface area contributed by atoms with E-state index in [0.717, 1.165) is 10.6 Å². The average molecular weight is 439 g/mol. The second kappa shape index (κ2) is 8.35. The Labute approximate surface area is 182 Å². The van der Waals surface area contributed by atoms with Crippen molar-refractivity contribution in [1.29, 1.82) is 0 Å². The molecule has 0 aliphatic carbocycles. The molecule has 9 heteroatoms. The maximum atomic E-state index is 12.9. The number of rotatable bonds is 6. The minimum atomic E-state index is -0.697. The number of ether oxygens (including phenoxy) is 1. The van der Waals surface area contributed by atoms with E-state index in [9.17, 15) is 14.4 Å². The van der Waals surface area contributed by atoms with Gasteiger partial charge in [0.25, 0.3) is 5.91 Å². The SMILES string of the molecule is CC(=O)c1c(C)[nH]c(C(=O)OCC(=O)N2N=C(c3cccs3)CC2c2ccco2)c1C. The Morgan fingerprint density at radius 3 is 2.71 bits per heavy atom. The van der Waals surface area contributed by atoms with E-state index in [0.29, 0.717) is 29.0 Å². The van der Waals surface area contributed by atoms with Crippen LogP contribution in [0.5, 0.6) is 0 Å². The number of hydrogen-bond donors (Lipinski definition) is 1. The van der Waals surface area contributed by atoms with Crippen LogP contribution in [-0.4, -0.2) is 40.0 Å². The highest BCUT2D eigenvalue weighted by molar-refractivity contribution is 7.12. The lowest BCUT2D eigenvalue weighted by atomic mass is 10.1. The van der Waals surface area contributed by atoms with Gasteiger partial charge >= 0.3 is 5.97 Å². The lowest BCUT2D eigenvalue weighted by Gasteiger charge is -2.19. The molecule has 160 valence electrons. The Kier molecular flexibility index (Phi) is 5.60. The predicted octanol–water partition coefficient (Wildman–Crippen LogP) is 4.02. The van der Waals surface area contributed by atoms with Crippen LogP contribution in [0.4, 0.5) is 0 Å². The predicted molar refractivity (Wildman–Crippen MR) is 114 cm³/mol. The molecular formula is C22H21N3O5S. The molecule has 1 N–H and O–H groups in total. The van der Waals surface area contributed by atoms with Gasteiger partial charge in [0.1, 0.15) is 17.5 Å². The normalized spacial score (nSPS) is 15.8. The molecule has 1 amide bonds. The van der Waals surface area contributed by atoms with E-state index >= 15 is 0 Å². The molecule has 1 aliphatic rings. The second-order valence-corrected chi connectivity index (χ2v) is 8.20. The van der Waals surface area contributed by atoms with Gasteiger partial charge in [0, 0.05) is 17.7 Å². The molecule has 3 aromatic rings. The number of carbonyl (C=O) groups is 3. The second-order valence-electron chi connectivity index (χ2n) is 7.25. The van der Waals surface area contributed by atoms with Crippen molar-refractivity contribution in [3.63, 3.8) is 0 Å². The fraction of sp³-hybridized carbons (Fsp3) is 0.273. The highest BCUT2D eigenvalue weighted by Crippen LogP contribution is 2.34. The van der Waals surface area contributed by atoms with E-state index in [2.05, 4.69) is 10.1 Å². The average Bonchev–Trinajstić information content (AvgIpc) is 3.51. The molecule has 4 rings (SSSR count). The Balaban J connectivity index is 1.50. The van der Waals surface area contributed by atoms with Crippen LogP contribution in [0.1, 0.15) is 62.1 Å². The summed E-state index contributed by atoms with van der Waals surface area (Å²) in [7, 11) is 0. The van der Waals surface area contributed by atoms with Crippen molar-refractivity contribution in [2.75, 3.05) is 6.61 Å². The van der Waals surface area contributed by atoms with Crippen molar-refractivity contribution in [3.8, 4) is 0 Å². The van der Waals surface area contributed by atoms with Crippen LogP contribution >= 0.6 is 11.3 Å². The van der Waals surface area contributed by atoms with E-state index < -0.39 is 24.5 Å². The van der Waals surface area contributed by atoms with E-state index in [1.54, 1.807) is 32.2 Å². The Hall–Kier alpha value is -3.46. The molecule has 0 aromatic carbocycles. The lowest BCUT2D eigenvalue weighted by molar-refractivity contribution is -0.136. The molecule has 0 saturated carbocycles. The summed E-state index contributed by atoms with van der Waals surface area (Å²) in [5, 5.41) is 7.75. The van der Waals surface area contributed by atoms with Crippen LogP contribution in [0, 0.1) is 13.8 Å². The summed E-state index contributed by atoms with van der Waals surface area (Å²) < 4.78 is 10.8. The molecule has 1 aliphatic heterocycles. The molecule has 1 atom stereocenters. The first-order valence-electron chi connectivity index (χ1n) is 9.70. The van der Waals surface area contributed by atoms with Crippen molar-refractivity contribution in [2.24, 2.45) is 5.10 Å². The summed E-state index contributed by atoms with van der Waals surface area (Å²) in [5.41, 5.74) is 2.50. The van der Waals surface area contributed by atoms with Gasteiger partial charge in [0.05, 0.1) is 16.9 Å². The maximum Gasteiger partial charge on any atom is 0.355 e. The van der Waals surface area contributed by atoms with Crippen molar-refractivity contribution >= 4 is 34.7 Å². The number of Topliss-reactive ketones (excluding diaryl/α,β-unsaturated/α-hetero) is 1. The number of thiophene rings is 1. The zero-order valence-electron chi connectivity index (χ0n) is 17.3. The first kappa shape index (κ1) is 20.8. The molecule has 0 saturated heterocycles. The number of nitrogens with zero attached hydrogens (tertiary/aromatic N) is 2. The minimum absolute atomic E-state index is 0.143. The summed E-state index contributed by atoms with van der Waals surface area (Å²) in [5.74, 6) is -0.696. The number of aromatic amines is 1. The lowest BCUT2D eigenvalue weighted by Crippen LogP contribution is -2.31. The van der Waals surface area contributed by atoms with Gasteiger partial charge in [0.2, 0.25) is 0 Å². The summed E-state index contributed by atoms with van der Waals surface area (Å²) in [4.78, 5) is 41.1. The highest BCUT2D eigenvalue weighted by Gasteiger charge is 2.35. The Morgan fingerprint density at radius 1 is 1.29 bits per heavy atom. The molecule has 0 bridgehead atoms. The summed E-state index contributed by atoms with van der Waals surface area (Å²) in [6, 6.07) is 7.01. The van der Waals surface area contributed by atoms with Crippen LogP contribution in [0.3, 0.4) is 0 Å². The summed E-state index contributed by atoms with van der Waals surface area (Å²) in [6.07, 6.45) is 2.05. The minimum Gasteiger partial charge on any atom is -0.467 e. The van der Waals surface area contributed by atoms with Crippen LogP contribution in [-0.2, 0) is 9.53 Å². The summed E-state index contributed by atoms with van der Waals surface area (Å²) >= 11 is 1.54. The topological polar surface area (TPSA) is 105 Å². The van der Waals surface area contributed by atoms with Crippen molar-refractivity contribution < 1.29 is 23.5 Å². The number of aryl methyl sites for hydroxylation is 1. The van der Waals surface area contributed by atoms with Gasteiger partial charge in [0.15, 0.2) is 12.4 Å². The number of nitrogens with one attached hydrogen (secondary N) is 1. The third kappa shape index (κ3) is 3.96. The number of carbonyl (C=O) groups excluding carboxylic acids is 3. The molecule has 8 nitrogen and oxygen atoms in total. The first-order chi connectivity index (χ1) is 14.9. The molecule has 0 radical (unpaired) electrons. The van der Waals surface area contributed by atoms with E-state index in [-0.39, 0.29) is 11.5 Å². The monoisotopic (exact) mass is 439 g/mol. The maximum absolute atomic E-state index is 12.9. The van der Waals surface area contributed by atoms with Crippen molar-refractivity contribution in [1.82, 2.24) is 9.99 Å². The number of hydrazone groups is 1. The summed E-state index contributed by atoms with van der Waals surface area (Å²) in [6.45, 7) is 4.34. The number of esters is 1. The van der Waals surface area contributed by atoms with Gasteiger partial charge in [-0.15, -0.1) is 11.3 Å². The van der Waals surface area contributed by atoms with Gasteiger partial charge in [-0.25, -0.2) is 9.80 Å². The van der Waals surface area contributed by atoms with Crippen LogP contribution in [0.25, 0.3) is 0 Å². The third-order valence-corrected chi connectivity index (χ3v) is 6.08. The van der Waals surface area contributed by atoms with Gasteiger partial charge < -0.3 is 14.1 Å². The molecule has 0 spiro atoms. The zero-order chi connectivity index (χ0) is 22.1. The largest absolute Gasteiger partial charge is 0.467 e. The van der Waals surface area contributed by atoms with Crippen LogP contribution < -0.4 is 0 Å². The molecule has 4 heterocycles. The number of furan rings is 1. The standard InChI is InChI=1S/C22H21N3O5S/c1-12-20(14(3)26)13(2)23-21(12)22(28)30-11-19(27)25-16(17-6-4-8-29-17)10-15(24-25)18-7-5-9-31-18/h4-9,16,23H,10-11H2,1-3H3. The number of ketones is 1. The van der Waals surface area contributed by atoms with E-state index in [4.69, 9.17) is 9.15 Å². The number of amides is 1. The quantitative estimate of drug-likeness (QED) is 0.461. The first-order valence-corrected chi connectivity index (χ1v) is 10.6. The number of hydrogen-bond acceptors (Lipinski definition) is 7. The zero-order valence-corrected chi connectivity index (χ0v) is 18.1. The van der Waals surface area contributed by atoms with E-state index in [1.165, 1.54) is 23.3 Å². The van der Waals surface area contributed by atoms with Crippen molar-refractivity contribution in [2.45, 2.75) is 33.2 Å². The van der Waals surface area contributed by atoms with Gasteiger partial charge in [-0.05, 0) is 49.9 Å². The van der Waals surface area contributed by atoms with Crippen molar-refractivity contribution in [3.05, 3.63) is 69.1 Å². The molecule has 1 unspecified atom stereocenters. The Morgan fingerprint density at radius 2 is 2.10 bits per heavy atom. The molecule has 0 fully saturated rings. The Bertz CT molecular complexity index is 1160. The molecule has 31 heavy (non-hydrogen) atoms. The molecular weight excluding hydrogens is 418 g/mol. The highest BCUT2D eigenvalue weighted by atomic mass is 32.1. The van der Waals surface area contributed by atoms with Gasteiger partial charge in [-0.2, -0.15) is 5.10 Å². The van der Waals surface area contributed by atoms with E-state index in [1.807, 2.05) is 17.5 Å². The fourth-order valence-electron chi connectivity index (χ4n) is 3.78. The number of H-pyrrole nitrogens is 1. The fourth-order valence-corrected chi connectivity index (χ4v) is 4.50. The number of aromatic nitrogens is 1. The smallest absolute Gasteiger partial charge is 0.355 e. The van der Waals surface area contributed by atoms with Gasteiger partial charge in [-0.3, -0.25) is 9.59 Å². The molecule has 3 aromatic heterocycles. The van der Waals surface area contributed by atoms with Gasteiger partial charge in [-0.1, -0.05) is 6.07 Å². The third-order valence-electron chi connectivity index (χ3n) is 5.16. The van der Waals surface area contributed by atoms with Crippen LogP contribution in [0.15, 0.2) is 45.4 Å².